The molecule has 4 heteroatoms. The van der Waals surface area contributed by atoms with Crippen molar-refractivity contribution in [3.63, 3.8) is 0 Å². The van der Waals surface area contributed by atoms with Crippen molar-refractivity contribution in [1.29, 1.82) is 0 Å². The van der Waals surface area contributed by atoms with Crippen LogP contribution in [0.2, 0.25) is 0 Å². The Balaban J connectivity index is 1.96. The summed E-state index contributed by atoms with van der Waals surface area (Å²) in [4.78, 5) is 14.7. The van der Waals surface area contributed by atoms with Gasteiger partial charge in [0.05, 0.1) is 0 Å². The van der Waals surface area contributed by atoms with Crippen molar-refractivity contribution in [2.75, 3.05) is 13.1 Å². The molecule has 1 heterocycles. The van der Waals surface area contributed by atoms with Gasteiger partial charge in [-0.05, 0) is 44.9 Å². The Bertz CT molecular complexity index is 450. The van der Waals surface area contributed by atoms with E-state index < -0.39 is 5.60 Å². The van der Waals surface area contributed by atoms with Crippen molar-refractivity contribution >= 4 is 18.7 Å². The van der Waals surface area contributed by atoms with Gasteiger partial charge < -0.3 is 9.64 Å². The lowest BCUT2D eigenvalue weighted by Crippen LogP contribution is -2.35. The number of nitrogens with zero attached hydrogens (tertiary/aromatic N) is 1. The van der Waals surface area contributed by atoms with Gasteiger partial charge in [-0.3, -0.25) is 0 Å². The average Bonchev–Trinajstić information content (AvgIpc) is 2.77. The number of ether oxygens (including phenoxy) is 1. The third-order valence-electron chi connectivity index (χ3n) is 3.20. The topological polar surface area (TPSA) is 29.5 Å². The molecule has 19 heavy (non-hydrogen) atoms. The van der Waals surface area contributed by atoms with Gasteiger partial charge in [-0.1, -0.05) is 12.1 Å². The number of carbonyl (C=O) groups is 1. The van der Waals surface area contributed by atoms with Crippen LogP contribution in [0.1, 0.15) is 38.7 Å². The molecule has 0 N–H and O–H groups in total. The van der Waals surface area contributed by atoms with Crippen LogP contribution in [0.4, 0.5) is 4.79 Å². The zero-order valence-corrected chi connectivity index (χ0v) is 12.6. The van der Waals surface area contributed by atoms with Gasteiger partial charge in [-0.15, -0.1) is 12.6 Å². The molecule has 0 bridgehead atoms. The molecule has 1 aliphatic rings. The molecular weight excluding hydrogens is 258 g/mol. The Labute approximate surface area is 120 Å². The molecular formula is C15H21NO2S. The van der Waals surface area contributed by atoms with Crippen LogP contribution >= 0.6 is 12.6 Å². The number of likely N-dealkylation sites (tertiary alicyclic amines) is 1. The minimum absolute atomic E-state index is 0.208. The molecule has 1 fully saturated rings. The quantitative estimate of drug-likeness (QED) is 0.794. The summed E-state index contributed by atoms with van der Waals surface area (Å²) in [7, 11) is 0. The minimum atomic E-state index is -0.428. The largest absolute Gasteiger partial charge is 0.444 e. The van der Waals surface area contributed by atoms with Crippen LogP contribution in [0.3, 0.4) is 0 Å². The second kappa shape index (κ2) is 5.45. The number of amides is 1. The number of carbonyl (C=O) groups excluding carboxylic acids is 1. The highest BCUT2D eigenvalue weighted by molar-refractivity contribution is 7.80. The number of thiol groups is 1. The molecule has 3 nitrogen and oxygen atoms in total. The second-order valence-corrected chi connectivity index (χ2v) is 6.52. The molecule has 1 aliphatic heterocycles. The fourth-order valence-corrected chi connectivity index (χ4v) is 2.42. The normalized spacial score (nSPS) is 19.6. The third-order valence-corrected chi connectivity index (χ3v) is 3.50. The van der Waals surface area contributed by atoms with Gasteiger partial charge >= 0.3 is 6.09 Å². The van der Waals surface area contributed by atoms with Crippen LogP contribution in [0.5, 0.6) is 0 Å². The molecule has 0 aromatic heterocycles. The SMILES string of the molecule is CC(C)(C)OC(=O)N1CCC(c2ccc(S)cc2)C1. The maximum atomic E-state index is 12.0. The summed E-state index contributed by atoms with van der Waals surface area (Å²) in [6.45, 7) is 7.18. The zero-order valence-electron chi connectivity index (χ0n) is 11.7. The molecule has 104 valence electrons. The predicted molar refractivity (Wildman–Crippen MR) is 78.9 cm³/mol. The van der Waals surface area contributed by atoms with E-state index in [2.05, 4.69) is 24.8 Å². The monoisotopic (exact) mass is 279 g/mol. The maximum absolute atomic E-state index is 12.0. The fraction of sp³-hybridized carbons (Fsp3) is 0.533. The number of hydrogen-bond acceptors (Lipinski definition) is 3. The highest BCUT2D eigenvalue weighted by Gasteiger charge is 2.30. The predicted octanol–water partition coefficient (Wildman–Crippen LogP) is 3.70. The van der Waals surface area contributed by atoms with Gasteiger partial charge in [0.2, 0.25) is 0 Å². The van der Waals surface area contributed by atoms with E-state index in [9.17, 15) is 4.79 Å². The van der Waals surface area contributed by atoms with Gasteiger partial charge in [0.25, 0.3) is 0 Å². The van der Waals surface area contributed by atoms with Crippen molar-refractivity contribution in [1.82, 2.24) is 4.90 Å². The van der Waals surface area contributed by atoms with Crippen LogP contribution in [-0.2, 0) is 4.74 Å². The molecule has 1 amide bonds. The van der Waals surface area contributed by atoms with Gasteiger partial charge in [-0.2, -0.15) is 0 Å². The first-order chi connectivity index (χ1) is 8.85. The first-order valence-corrected chi connectivity index (χ1v) is 7.07. The van der Waals surface area contributed by atoms with Crippen molar-refractivity contribution in [2.45, 2.75) is 43.6 Å². The summed E-state index contributed by atoms with van der Waals surface area (Å²) in [5.41, 5.74) is 0.840. The van der Waals surface area contributed by atoms with E-state index in [0.29, 0.717) is 5.92 Å². The van der Waals surface area contributed by atoms with E-state index in [-0.39, 0.29) is 6.09 Å². The van der Waals surface area contributed by atoms with E-state index >= 15 is 0 Å². The fourth-order valence-electron chi connectivity index (χ4n) is 2.27. The Kier molecular flexibility index (Phi) is 4.09. The summed E-state index contributed by atoms with van der Waals surface area (Å²) in [6.07, 6.45) is 0.784. The summed E-state index contributed by atoms with van der Waals surface area (Å²) < 4.78 is 5.40. The van der Waals surface area contributed by atoms with Crippen molar-refractivity contribution in [3.05, 3.63) is 29.8 Å². The average molecular weight is 279 g/mol. The van der Waals surface area contributed by atoms with Crippen LogP contribution in [0, 0.1) is 0 Å². The van der Waals surface area contributed by atoms with E-state index in [0.717, 1.165) is 24.4 Å². The standard InChI is InChI=1S/C15H21NO2S/c1-15(2,3)18-14(17)16-9-8-12(10-16)11-4-6-13(19)7-5-11/h4-7,12,19H,8-10H2,1-3H3. The van der Waals surface area contributed by atoms with Crippen LogP contribution in [0.25, 0.3) is 0 Å². The number of hydrogen-bond donors (Lipinski definition) is 1. The lowest BCUT2D eigenvalue weighted by molar-refractivity contribution is 0.0292. The summed E-state index contributed by atoms with van der Waals surface area (Å²) in [5.74, 6) is 0.404. The molecule has 1 aromatic rings. The van der Waals surface area contributed by atoms with E-state index in [1.165, 1.54) is 5.56 Å². The smallest absolute Gasteiger partial charge is 0.410 e. The van der Waals surface area contributed by atoms with Crippen molar-refractivity contribution < 1.29 is 9.53 Å². The zero-order chi connectivity index (χ0) is 14.0. The third kappa shape index (κ3) is 3.90. The first kappa shape index (κ1) is 14.3. The first-order valence-electron chi connectivity index (χ1n) is 6.62. The molecule has 0 spiro atoms. The highest BCUT2D eigenvalue weighted by Crippen LogP contribution is 2.28. The second-order valence-electron chi connectivity index (χ2n) is 6.00. The molecule has 1 saturated heterocycles. The highest BCUT2D eigenvalue weighted by atomic mass is 32.1. The van der Waals surface area contributed by atoms with Gasteiger partial charge in [0, 0.05) is 23.9 Å². The Hall–Kier alpha value is -1.16. The van der Waals surface area contributed by atoms with Gasteiger partial charge in [-0.25, -0.2) is 4.79 Å². The number of rotatable bonds is 1. The Morgan fingerprint density at radius 2 is 1.95 bits per heavy atom. The van der Waals surface area contributed by atoms with Crippen LogP contribution in [-0.4, -0.2) is 29.7 Å². The van der Waals surface area contributed by atoms with E-state index in [1.807, 2.05) is 32.9 Å². The summed E-state index contributed by atoms with van der Waals surface area (Å²) >= 11 is 4.29. The van der Waals surface area contributed by atoms with Crippen molar-refractivity contribution in [3.8, 4) is 0 Å². The van der Waals surface area contributed by atoms with Crippen molar-refractivity contribution in [2.24, 2.45) is 0 Å². The van der Waals surface area contributed by atoms with Gasteiger partial charge in [0.15, 0.2) is 0 Å². The molecule has 2 rings (SSSR count). The van der Waals surface area contributed by atoms with Crippen LogP contribution < -0.4 is 0 Å². The van der Waals surface area contributed by atoms with Gasteiger partial charge in [0.1, 0.15) is 5.60 Å². The van der Waals surface area contributed by atoms with E-state index in [4.69, 9.17) is 4.74 Å². The molecule has 0 radical (unpaired) electrons. The molecule has 1 aromatic carbocycles. The van der Waals surface area contributed by atoms with E-state index in [1.54, 1.807) is 4.90 Å². The molecule has 0 aliphatic carbocycles. The Morgan fingerprint density at radius 1 is 1.32 bits per heavy atom. The maximum Gasteiger partial charge on any atom is 0.410 e. The molecule has 0 saturated carbocycles. The molecule has 1 unspecified atom stereocenters. The number of benzene rings is 1. The molecule has 1 atom stereocenters. The lowest BCUT2D eigenvalue weighted by Gasteiger charge is -2.24. The van der Waals surface area contributed by atoms with Crippen LogP contribution in [0.15, 0.2) is 29.2 Å². The Morgan fingerprint density at radius 3 is 2.53 bits per heavy atom. The summed E-state index contributed by atoms with van der Waals surface area (Å²) in [6, 6.07) is 8.17. The summed E-state index contributed by atoms with van der Waals surface area (Å²) in [5, 5.41) is 0. The lowest BCUT2D eigenvalue weighted by atomic mass is 9.99. The minimum Gasteiger partial charge on any atom is -0.444 e.